The maximum Gasteiger partial charge on any atom is 0.338 e. The topological polar surface area (TPSA) is 78.9 Å². The fraction of sp³-hybridized carbons (Fsp3) is 0.760. The van der Waals surface area contributed by atoms with Crippen LogP contribution >= 0.6 is 0 Å². The summed E-state index contributed by atoms with van der Waals surface area (Å²) < 4.78 is 5.63. The fourth-order valence-electron chi connectivity index (χ4n) is 13.0. The number of benzene rings is 1. The molecule has 5 aliphatic carbocycles. The third-order valence-corrected chi connectivity index (χ3v) is 15.5. The maximum atomic E-state index is 14.0. The largest absolute Gasteiger partial charge is 0.456 e. The number of carbonyl (C=O) groups is 2. The van der Waals surface area contributed by atoms with Gasteiger partial charge in [-0.1, -0.05) is 93.0 Å². The summed E-state index contributed by atoms with van der Waals surface area (Å²) in [5, 5.41) is 12.7. The lowest BCUT2D eigenvalue weighted by molar-refractivity contribution is -0.222. The summed E-state index contributed by atoms with van der Waals surface area (Å²) in [5.41, 5.74) is 3.31. The average molecular weight is 777 g/mol. The van der Waals surface area contributed by atoms with Crippen molar-refractivity contribution in [3.63, 3.8) is 0 Å². The van der Waals surface area contributed by atoms with E-state index >= 15 is 0 Å². The van der Waals surface area contributed by atoms with E-state index in [4.69, 9.17) is 4.74 Å². The number of ether oxygens (including phenoxy) is 1. The Morgan fingerprint density at radius 3 is 2.09 bits per heavy atom. The molecule has 318 valence electrons. The number of hydrogen-bond acceptors (Lipinski definition) is 5. The second-order valence-electron chi connectivity index (χ2n) is 19.6. The van der Waals surface area contributed by atoms with Gasteiger partial charge in [-0.3, -0.25) is 4.79 Å². The Labute approximate surface area is 344 Å². The van der Waals surface area contributed by atoms with Gasteiger partial charge in [-0.2, -0.15) is 0 Å². The van der Waals surface area contributed by atoms with Gasteiger partial charge in [0.25, 0.3) is 0 Å². The van der Waals surface area contributed by atoms with Crippen LogP contribution in [0.1, 0.15) is 170 Å². The summed E-state index contributed by atoms with van der Waals surface area (Å²) >= 11 is 0. The van der Waals surface area contributed by atoms with Crippen LogP contribution in [0.2, 0.25) is 0 Å². The van der Waals surface area contributed by atoms with Gasteiger partial charge in [0.1, 0.15) is 5.60 Å². The number of allylic oxidation sites excluding steroid dienone is 3. The molecule has 56 heavy (non-hydrogen) atoms. The van der Waals surface area contributed by atoms with E-state index in [1.165, 1.54) is 49.7 Å². The Balaban J connectivity index is 0.00000113. The number of carbonyl (C=O) groups excluding carboxylic acids is 2. The molecule has 0 aromatic heterocycles. The minimum Gasteiger partial charge on any atom is -0.456 e. The van der Waals surface area contributed by atoms with Crippen LogP contribution in [0.3, 0.4) is 0 Å². The quantitative estimate of drug-likeness (QED) is 0.203. The van der Waals surface area contributed by atoms with Gasteiger partial charge in [-0.25, -0.2) is 4.79 Å². The van der Waals surface area contributed by atoms with E-state index in [2.05, 4.69) is 69.6 Å². The molecule has 1 aromatic rings. The average Bonchev–Trinajstić information content (AvgIpc) is 3.59. The Hall–Kier alpha value is -2.44. The first-order valence-corrected chi connectivity index (χ1v) is 22.5. The number of esters is 1. The fourth-order valence-corrected chi connectivity index (χ4v) is 13.0. The summed E-state index contributed by atoms with van der Waals surface area (Å²) in [4.78, 5) is 28.9. The van der Waals surface area contributed by atoms with Crippen molar-refractivity contribution in [2.45, 2.75) is 160 Å². The van der Waals surface area contributed by atoms with Crippen LogP contribution < -0.4 is 5.32 Å². The van der Waals surface area contributed by atoms with Crippen LogP contribution in [0.4, 0.5) is 0 Å². The number of nitrogens with zero attached hydrogens (tertiary/aromatic N) is 1. The zero-order valence-electron chi connectivity index (χ0n) is 38.5. The summed E-state index contributed by atoms with van der Waals surface area (Å²) in [7, 11) is 2.01. The zero-order chi connectivity index (χ0) is 42.3. The van der Waals surface area contributed by atoms with Crippen molar-refractivity contribution in [1.29, 1.82) is 0 Å². The normalized spacial score (nSPS) is 33.8. The van der Waals surface area contributed by atoms with Crippen molar-refractivity contribution < 1.29 is 19.4 Å². The van der Waals surface area contributed by atoms with Crippen LogP contribution in [0, 0.1) is 50.7 Å². The predicted octanol–water partition coefficient (Wildman–Crippen LogP) is 11.8. The van der Waals surface area contributed by atoms with Crippen LogP contribution in [-0.2, 0) is 9.53 Å². The van der Waals surface area contributed by atoms with E-state index in [9.17, 15) is 14.7 Å². The molecule has 0 bridgehead atoms. The van der Waals surface area contributed by atoms with E-state index in [-0.39, 0.29) is 39.7 Å². The van der Waals surface area contributed by atoms with Crippen LogP contribution in [0.5, 0.6) is 0 Å². The van der Waals surface area contributed by atoms with Gasteiger partial charge in [0.2, 0.25) is 5.91 Å². The second kappa shape index (κ2) is 19.1. The number of likely N-dealkylation sites (N-methyl/N-ethyl adjacent to an activating group) is 1. The van der Waals surface area contributed by atoms with Crippen molar-refractivity contribution in [2.75, 3.05) is 33.3 Å². The van der Waals surface area contributed by atoms with Crippen molar-refractivity contribution in [2.24, 2.45) is 50.7 Å². The van der Waals surface area contributed by atoms with E-state index in [1.54, 1.807) is 6.08 Å². The molecule has 0 radical (unpaired) electrons. The predicted molar refractivity (Wildman–Crippen MR) is 236 cm³/mol. The number of nitrogens with one attached hydrogen (secondary N) is 1. The first-order valence-electron chi connectivity index (χ1n) is 22.5. The highest BCUT2D eigenvalue weighted by Gasteiger charge is 2.70. The smallest absolute Gasteiger partial charge is 0.338 e. The molecule has 0 aliphatic heterocycles. The summed E-state index contributed by atoms with van der Waals surface area (Å²) in [6, 6.07) is 8.15. The van der Waals surface area contributed by atoms with E-state index in [0.29, 0.717) is 48.2 Å². The molecule has 6 rings (SSSR count). The number of hydrogen-bond donors (Lipinski definition) is 2. The lowest BCUT2D eigenvalue weighted by Crippen LogP contribution is -2.66. The van der Waals surface area contributed by atoms with Gasteiger partial charge in [0.05, 0.1) is 17.6 Å². The van der Waals surface area contributed by atoms with Crippen LogP contribution in [-0.4, -0.2) is 60.8 Å². The highest BCUT2D eigenvalue weighted by atomic mass is 16.6. The third-order valence-electron chi connectivity index (χ3n) is 15.5. The van der Waals surface area contributed by atoms with Gasteiger partial charge in [0, 0.05) is 19.6 Å². The first kappa shape index (κ1) is 47.9. The molecule has 2 N–H and O–H groups in total. The minimum atomic E-state index is -0.509. The highest BCUT2D eigenvalue weighted by Crippen LogP contribution is 2.77. The number of aliphatic hydroxyl groups is 1. The lowest BCUT2D eigenvalue weighted by Gasteiger charge is -2.72. The van der Waals surface area contributed by atoms with Gasteiger partial charge in [-0.05, 0) is 161 Å². The molecular formula is C50H84N2O4. The van der Waals surface area contributed by atoms with Gasteiger partial charge < -0.3 is 20.1 Å². The SMILES string of the molecule is C=CC.CC.CC.CN(CCO)CCNC(=O)C12CCC[C@@H]1C1CCC3C4(C)CC=C(c5ccc(C(=O)OC(C)(C)C)cc5)C(C)(C)C4CCC3(C)[C@]1(C)CC2. The van der Waals surface area contributed by atoms with Gasteiger partial charge in [-0.15, -0.1) is 6.58 Å². The molecule has 6 unspecified atom stereocenters. The summed E-state index contributed by atoms with van der Waals surface area (Å²) in [6.45, 7) is 34.1. The van der Waals surface area contributed by atoms with Crippen molar-refractivity contribution >= 4 is 17.4 Å². The number of fused-ring (bicyclic) bond motifs is 7. The van der Waals surface area contributed by atoms with E-state index in [1.807, 2.05) is 74.6 Å². The van der Waals surface area contributed by atoms with Crippen LogP contribution in [0.25, 0.3) is 5.57 Å². The summed E-state index contributed by atoms with van der Waals surface area (Å²) in [6.07, 6.45) is 16.1. The number of aliphatic hydroxyl groups excluding tert-OH is 1. The van der Waals surface area contributed by atoms with E-state index < -0.39 is 5.60 Å². The molecule has 0 spiro atoms. The standard InChI is InChI=1S/C43H66N2O4.C3H6.2C2H6/c1-38(2,3)49-36(47)30-14-12-29(13-15-30)31-18-21-40(6)34(39(31,4)5)19-22-42(8)35(40)17-16-32-33-11-10-20-43(33,24-23-41(32,42)7)37(48)44-25-26-45(9)27-28-46;1-3-2;2*1-2/h12-15,18,32-35,46H,10-11,16-17,19-28H2,1-9H3,(H,44,48);3H,1H2,2H3;2*1-2H3/t32?,33-,34?,35?,40?,41-,42?,43?;;;/m1.../s1. The third kappa shape index (κ3) is 8.92. The molecule has 6 nitrogen and oxygen atoms in total. The maximum absolute atomic E-state index is 14.0. The van der Waals surface area contributed by atoms with E-state index in [0.717, 1.165) is 32.2 Å². The highest BCUT2D eigenvalue weighted by molar-refractivity contribution is 5.90. The Bertz CT molecular complexity index is 1490. The van der Waals surface area contributed by atoms with Crippen molar-refractivity contribution in [3.05, 3.63) is 54.1 Å². The number of rotatable bonds is 8. The molecule has 6 heteroatoms. The molecular weight excluding hydrogens is 693 g/mol. The Kier molecular flexibility index (Phi) is 16.3. The number of amides is 1. The summed E-state index contributed by atoms with van der Waals surface area (Å²) in [5.74, 6) is 2.40. The molecule has 5 aliphatic rings. The molecule has 1 amide bonds. The lowest BCUT2D eigenvalue weighted by atomic mass is 9.32. The molecule has 4 saturated carbocycles. The molecule has 0 heterocycles. The van der Waals surface area contributed by atoms with Crippen molar-refractivity contribution in [3.8, 4) is 0 Å². The first-order chi connectivity index (χ1) is 26.3. The zero-order valence-corrected chi connectivity index (χ0v) is 38.5. The van der Waals surface area contributed by atoms with Crippen molar-refractivity contribution in [1.82, 2.24) is 10.2 Å². The molecule has 1 aromatic carbocycles. The Morgan fingerprint density at radius 2 is 1.50 bits per heavy atom. The van der Waals surface area contributed by atoms with Gasteiger partial charge >= 0.3 is 5.97 Å². The molecule has 8 atom stereocenters. The molecule has 4 fully saturated rings. The Morgan fingerprint density at radius 1 is 0.875 bits per heavy atom. The monoisotopic (exact) mass is 777 g/mol. The van der Waals surface area contributed by atoms with Gasteiger partial charge in [0.15, 0.2) is 0 Å². The van der Waals surface area contributed by atoms with Crippen LogP contribution in [0.15, 0.2) is 43.0 Å². The molecule has 0 saturated heterocycles. The minimum absolute atomic E-state index is 0.0238. The second-order valence-corrected chi connectivity index (χ2v) is 19.6.